The molecule has 1 amide bonds. The Morgan fingerprint density at radius 2 is 1.78 bits per heavy atom. The second-order valence-electron chi connectivity index (χ2n) is 6.44. The molecule has 0 bridgehead atoms. The first kappa shape index (κ1) is 14.8. The summed E-state index contributed by atoms with van der Waals surface area (Å²) in [6, 6.07) is 0. The molecule has 1 saturated heterocycles. The third-order valence-corrected chi connectivity index (χ3v) is 3.41. The van der Waals surface area contributed by atoms with E-state index in [1.807, 2.05) is 20.8 Å². The highest BCUT2D eigenvalue weighted by Crippen LogP contribution is 2.34. The maximum atomic E-state index is 11.9. The fourth-order valence-electron chi connectivity index (χ4n) is 2.02. The van der Waals surface area contributed by atoms with Crippen molar-refractivity contribution < 1.29 is 19.4 Å². The summed E-state index contributed by atoms with van der Waals surface area (Å²) < 4.78 is 5.28. The summed E-state index contributed by atoms with van der Waals surface area (Å²) >= 11 is 0. The number of hydrogen-bond acceptors (Lipinski definition) is 3. The largest absolute Gasteiger partial charge is 0.481 e. The smallest absolute Gasteiger partial charge is 0.410 e. The van der Waals surface area contributed by atoms with Crippen LogP contribution in [0.15, 0.2) is 0 Å². The van der Waals surface area contributed by atoms with E-state index in [0.29, 0.717) is 19.5 Å². The quantitative estimate of drug-likeness (QED) is 0.824. The fraction of sp³-hybridized carbons (Fsp3) is 0.846. The zero-order valence-corrected chi connectivity index (χ0v) is 11.8. The number of ether oxygens (including phenoxy) is 1. The zero-order valence-electron chi connectivity index (χ0n) is 11.8. The van der Waals surface area contributed by atoms with Gasteiger partial charge in [0.15, 0.2) is 0 Å². The van der Waals surface area contributed by atoms with Gasteiger partial charge in [-0.2, -0.15) is 0 Å². The van der Waals surface area contributed by atoms with Crippen molar-refractivity contribution in [3.05, 3.63) is 0 Å². The maximum absolute atomic E-state index is 11.9. The van der Waals surface area contributed by atoms with Crippen LogP contribution in [0.3, 0.4) is 0 Å². The van der Waals surface area contributed by atoms with Crippen LogP contribution in [0.2, 0.25) is 0 Å². The second-order valence-corrected chi connectivity index (χ2v) is 6.44. The summed E-state index contributed by atoms with van der Waals surface area (Å²) in [6.07, 6.45) is 0.352. The van der Waals surface area contributed by atoms with E-state index >= 15 is 0 Å². The first-order chi connectivity index (χ1) is 8.04. The van der Waals surface area contributed by atoms with E-state index in [-0.39, 0.29) is 12.0 Å². The van der Waals surface area contributed by atoms with Gasteiger partial charge in [-0.15, -0.1) is 0 Å². The summed E-state index contributed by atoms with van der Waals surface area (Å²) in [4.78, 5) is 24.6. The molecule has 0 saturated carbocycles. The molecule has 0 aromatic carbocycles. The Bertz CT molecular complexity index is 343. The van der Waals surface area contributed by atoms with Crippen LogP contribution in [-0.4, -0.2) is 40.8 Å². The van der Waals surface area contributed by atoms with Gasteiger partial charge in [0.25, 0.3) is 0 Å². The Morgan fingerprint density at radius 3 is 2.22 bits per heavy atom. The third kappa shape index (κ3) is 3.37. The van der Waals surface area contributed by atoms with Crippen molar-refractivity contribution in [2.45, 2.75) is 46.6 Å². The average molecular weight is 257 g/mol. The average Bonchev–Trinajstić information content (AvgIpc) is 2.63. The lowest BCUT2D eigenvalue weighted by Gasteiger charge is -2.28. The number of nitrogens with zero attached hydrogens (tertiary/aromatic N) is 1. The van der Waals surface area contributed by atoms with Crippen LogP contribution >= 0.6 is 0 Å². The molecule has 104 valence electrons. The van der Waals surface area contributed by atoms with Crippen LogP contribution in [0.5, 0.6) is 0 Å². The molecule has 5 heteroatoms. The van der Waals surface area contributed by atoms with Crippen LogP contribution < -0.4 is 0 Å². The van der Waals surface area contributed by atoms with E-state index in [1.54, 1.807) is 18.7 Å². The van der Waals surface area contributed by atoms with Crippen LogP contribution in [0, 0.1) is 11.3 Å². The molecule has 0 radical (unpaired) electrons. The van der Waals surface area contributed by atoms with Crippen molar-refractivity contribution in [2.24, 2.45) is 11.3 Å². The first-order valence-electron chi connectivity index (χ1n) is 6.25. The maximum Gasteiger partial charge on any atom is 0.410 e. The number of aliphatic carboxylic acids is 1. The molecule has 1 unspecified atom stereocenters. The summed E-state index contributed by atoms with van der Waals surface area (Å²) in [5, 5.41) is 9.18. The Hall–Kier alpha value is -1.26. The van der Waals surface area contributed by atoms with Crippen molar-refractivity contribution in [1.82, 2.24) is 4.90 Å². The van der Waals surface area contributed by atoms with Crippen molar-refractivity contribution in [3.8, 4) is 0 Å². The normalized spacial score (nSPS) is 20.9. The standard InChI is InChI=1S/C13H23NO4/c1-12(2,3)18-11(17)14-7-6-9(8-14)13(4,5)10(15)16/h9H,6-8H2,1-5H3,(H,15,16). The molecule has 0 aliphatic carbocycles. The van der Waals surface area contributed by atoms with Crippen molar-refractivity contribution in [2.75, 3.05) is 13.1 Å². The topological polar surface area (TPSA) is 66.8 Å². The van der Waals surface area contributed by atoms with Gasteiger partial charge in [0.1, 0.15) is 5.60 Å². The van der Waals surface area contributed by atoms with Gasteiger partial charge in [-0.25, -0.2) is 4.79 Å². The minimum Gasteiger partial charge on any atom is -0.481 e. The summed E-state index contributed by atoms with van der Waals surface area (Å²) in [7, 11) is 0. The van der Waals surface area contributed by atoms with Crippen molar-refractivity contribution in [3.63, 3.8) is 0 Å². The predicted molar refractivity (Wildman–Crippen MR) is 67.3 cm³/mol. The van der Waals surface area contributed by atoms with E-state index in [1.165, 1.54) is 0 Å². The molecular weight excluding hydrogens is 234 g/mol. The van der Waals surface area contributed by atoms with Crippen LogP contribution in [0.25, 0.3) is 0 Å². The number of carbonyl (C=O) groups is 2. The first-order valence-corrected chi connectivity index (χ1v) is 6.25. The van der Waals surface area contributed by atoms with E-state index in [9.17, 15) is 14.7 Å². The molecule has 1 rings (SSSR count). The van der Waals surface area contributed by atoms with Gasteiger partial charge in [0, 0.05) is 13.1 Å². The lowest BCUT2D eigenvalue weighted by Crippen LogP contribution is -2.38. The van der Waals surface area contributed by atoms with E-state index in [4.69, 9.17) is 4.74 Å². The predicted octanol–water partition coefficient (Wildman–Crippen LogP) is 2.35. The van der Waals surface area contributed by atoms with Gasteiger partial charge in [-0.05, 0) is 47.0 Å². The number of likely N-dealkylation sites (tertiary alicyclic amines) is 1. The van der Waals surface area contributed by atoms with Crippen molar-refractivity contribution in [1.29, 1.82) is 0 Å². The second kappa shape index (κ2) is 4.78. The minimum absolute atomic E-state index is 0.0254. The van der Waals surface area contributed by atoms with Gasteiger partial charge in [0.05, 0.1) is 5.41 Å². The van der Waals surface area contributed by atoms with Gasteiger partial charge in [-0.1, -0.05) is 0 Å². The van der Waals surface area contributed by atoms with Gasteiger partial charge >= 0.3 is 12.1 Å². The SMILES string of the molecule is CC(C)(C)OC(=O)N1CCC(C(C)(C)C(=O)O)C1. The molecule has 5 nitrogen and oxygen atoms in total. The molecule has 1 fully saturated rings. The highest BCUT2D eigenvalue weighted by atomic mass is 16.6. The summed E-state index contributed by atoms with van der Waals surface area (Å²) in [5.74, 6) is -0.846. The van der Waals surface area contributed by atoms with Crippen molar-refractivity contribution >= 4 is 12.1 Å². The summed E-state index contributed by atoms with van der Waals surface area (Å²) in [6.45, 7) is 9.89. The van der Waals surface area contributed by atoms with Gasteiger partial charge < -0.3 is 14.7 Å². The minimum atomic E-state index is -0.821. The third-order valence-electron chi connectivity index (χ3n) is 3.41. The molecule has 1 heterocycles. The Kier molecular flexibility index (Phi) is 3.93. The number of carboxylic acids is 1. The molecule has 0 aromatic rings. The zero-order chi connectivity index (χ0) is 14.1. The molecule has 0 aromatic heterocycles. The lowest BCUT2D eigenvalue weighted by molar-refractivity contribution is -0.149. The van der Waals surface area contributed by atoms with Crippen LogP contribution in [0.4, 0.5) is 4.79 Å². The number of rotatable bonds is 2. The molecule has 1 aliphatic rings. The highest BCUT2D eigenvalue weighted by Gasteiger charge is 2.42. The number of hydrogen-bond donors (Lipinski definition) is 1. The monoisotopic (exact) mass is 257 g/mol. The highest BCUT2D eigenvalue weighted by molar-refractivity contribution is 5.74. The van der Waals surface area contributed by atoms with E-state index in [0.717, 1.165) is 0 Å². The van der Waals surface area contributed by atoms with Gasteiger partial charge in [0.2, 0.25) is 0 Å². The number of carbonyl (C=O) groups excluding carboxylic acids is 1. The Balaban J connectivity index is 2.62. The molecular formula is C13H23NO4. The fourth-order valence-corrected chi connectivity index (χ4v) is 2.02. The molecule has 1 N–H and O–H groups in total. The lowest BCUT2D eigenvalue weighted by atomic mass is 9.78. The van der Waals surface area contributed by atoms with Crippen LogP contribution in [-0.2, 0) is 9.53 Å². The number of carboxylic acid groups (broad SMARTS) is 1. The number of amides is 1. The summed E-state index contributed by atoms with van der Waals surface area (Å²) in [5.41, 5.74) is -1.33. The molecule has 18 heavy (non-hydrogen) atoms. The molecule has 0 spiro atoms. The van der Waals surface area contributed by atoms with Gasteiger partial charge in [-0.3, -0.25) is 4.79 Å². The molecule has 1 atom stereocenters. The van der Waals surface area contributed by atoms with E-state index in [2.05, 4.69) is 0 Å². The molecule has 1 aliphatic heterocycles. The Morgan fingerprint density at radius 1 is 1.22 bits per heavy atom. The van der Waals surface area contributed by atoms with Crippen LogP contribution in [0.1, 0.15) is 41.0 Å². The Labute approximate surface area is 108 Å². The van der Waals surface area contributed by atoms with E-state index < -0.39 is 17.0 Å².